The molecule has 0 N–H and O–H groups in total. The highest BCUT2D eigenvalue weighted by Gasteiger charge is 2.31. The van der Waals surface area contributed by atoms with Crippen LogP contribution < -0.4 is 4.74 Å². The van der Waals surface area contributed by atoms with E-state index in [0.717, 1.165) is 6.29 Å². The van der Waals surface area contributed by atoms with Crippen LogP contribution in [0.5, 0.6) is 5.75 Å². The molecule has 1 fully saturated rings. The zero-order chi connectivity index (χ0) is 15.5. The van der Waals surface area contributed by atoms with Crippen LogP contribution in [0.2, 0.25) is 0 Å². The number of hydrogen-bond donors (Lipinski definition) is 0. The number of rotatable bonds is 5. The van der Waals surface area contributed by atoms with Crippen molar-refractivity contribution in [3.63, 3.8) is 0 Å². The Bertz CT molecular complexity index is 609. The highest BCUT2D eigenvalue weighted by molar-refractivity contribution is 9.10. The van der Waals surface area contributed by atoms with E-state index < -0.39 is 10.0 Å². The summed E-state index contributed by atoms with van der Waals surface area (Å²) in [6, 6.07) is 4.97. The van der Waals surface area contributed by atoms with Gasteiger partial charge >= 0.3 is 0 Å². The molecule has 1 aliphatic heterocycles. The maximum absolute atomic E-state index is 12.8. The first kappa shape index (κ1) is 16.5. The van der Waals surface area contributed by atoms with Gasteiger partial charge in [0.15, 0.2) is 0 Å². The molecule has 1 heterocycles. The number of benzene rings is 1. The van der Waals surface area contributed by atoms with Crippen molar-refractivity contribution in [1.82, 2.24) is 4.31 Å². The van der Waals surface area contributed by atoms with Crippen molar-refractivity contribution in [2.45, 2.75) is 24.7 Å². The van der Waals surface area contributed by atoms with Gasteiger partial charge in [-0.25, -0.2) is 8.42 Å². The van der Waals surface area contributed by atoms with E-state index >= 15 is 0 Å². The van der Waals surface area contributed by atoms with Crippen LogP contribution in [-0.2, 0) is 14.8 Å². The maximum Gasteiger partial charge on any atom is 0.246 e. The van der Waals surface area contributed by atoms with Crippen molar-refractivity contribution in [2.24, 2.45) is 5.92 Å². The topological polar surface area (TPSA) is 63.7 Å². The number of carbonyl (C=O) groups is 1. The first-order valence-corrected chi connectivity index (χ1v) is 9.10. The normalized spacial score (nSPS) is 17.6. The van der Waals surface area contributed by atoms with Crippen molar-refractivity contribution in [3.05, 3.63) is 22.7 Å². The van der Waals surface area contributed by atoms with Gasteiger partial charge in [-0.3, -0.25) is 0 Å². The minimum Gasteiger partial charge on any atom is -0.492 e. The van der Waals surface area contributed by atoms with Crippen LogP contribution in [0, 0.1) is 5.92 Å². The lowest BCUT2D eigenvalue weighted by Crippen LogP contribution is -2.38. The number of nitrogens with zero attached hydrogens (tertiary/aromatic N) is 1. The monoisotopic (exact) mass is 375 g/mol. The summed E-state index contributed by atoms with van der Waals surface area (Å²) < 4.78 is 33.1. The predicted molar refractivity (Wildman–Crippen MR) is 82.9 cm³/mol. The summed E-state index contributed by atoms with van der Waals surface area (Å²) in [5.74, 6) is 0.323. The minimum absolute atomic E-state index is 0.0367. The van der Waals surface area contributed by atoms with Crippen LogP contribution in [0.3, 0.4) is 0 Å². The lowest BCUT2D eigenvalue weighted by molar-refractivity contribution is -0.112. The fourth-order valence-corrected chi connectivity index (χ4v) is 4.49. The minimum atomic E-state index is -3.61. The Kier molecular flexibility index (Phi) is 5.40. The molecule has 0 atom stereocenters. The van der Waals surface area contributed by atoms with Gasteiger partial charge in [0.25, 0.3) is 0 Å². The van der Waals surface area contributed by atoms with Crippen LogP contribution in [0.25, 0.3) is 0 Å². The molecular weight excluding hydrogens is 358 g/mol. The van der Waals surface area contributed by atoms with Gasteiger partial charge in [0.2, 0.25) is 10.0 Å². The van der Waals surface area contributed by atoms with E-state index in [4.69, 9.17) is 4.74 Å². The summed E-state index contributed by atoms with van der Waals surface area (Å²) in [5, 5.41) is 0. The molecule has 2 rings (SSSR count). The van der Waals surface area contributed by atoms with Gasteiger partial charge in [-0.2, -0.15) is 4.31 Å². The number of carbonyl (C=O) groups excluding carboxylic acids is 1. The number of hydrogen-bond acceptors (Lipinski definition) is 4. The van der Waals surface area contributed by atoms with Crippen LogP contribution in [0.4, 0.5) is 0 Å². The molecule has 1 aromatic rings. The van der Waals surface area contributed by atoms with E-state index in [2.05, 4.69) is 15.9 Å². The zero-order valence-corrected chi connectivity index (χ0v) is 14.2. The quantitative estimate of drug-likeness (QED) is 0.741. The second kappa shape index (κ2) is 6.89. The smallest absolute Gasteiger partial charge is 0.246 e. The Morgan fingerprint density at radius 1 is 1.38 bits per heavy atom. The molecule has 116 valence electrons. The molecule has 5 nitrogen and oxygen atoms in total. The largest absolute Gasteiger partial charge is 0.492 e. The summed E-state index contributed by atoms with van der Waals surface area (Å²) in [5.41, 5.74) is 0. The molecule has 0 aromatic heterocycles. The van der Waals surface area contributed by atoms with Crippen molar-refractivity contribution < 1.29 is 17.9 Å². The Hall–Kier alpha value is -0.920. The van der Waals surface area contributed by atoms with E-state index in [-0.39, 0.29) is 10.8 Å². The first-order chi connectivity index (χ1) is 9.98. The zero-order valence-electron chi connectivity index (χ0n) is 11.8. The SMILES string of the molecule is CCOc1ccc(Br)cc1S(=O)(=O)N1CCC(C=O)CC1. The second-order valence-electron chi connectivity index (χ2n) is 4.90. The van der Waals surface area contributed by atoms with Gasteiger partial charge in [-0.15, -0.1) is 0 Å². The van der Waals surface area contributed by atoms with Gasteiger partial charge in [0, 0.05) is 23.5 Å². The molecular formula is C14H18BrNO4S. The fraction of sp³-hybridized carbons (Fsp3) is 0.500. The maximum atomic E-state index is 12.8. The Labute approximate surface area is 133 Å². The number of aldehydes is 1. The lowest BCUT2D eigenvalue weighted by atomic mass is 10.0. The molecule has 0 bridgehead atoms. The number of sulfonamides is 1. The first-order valence-electron chi connectivity index (χ1n) is 6.86. The molecule has 1 aromatic carbocycles. The molecule has 7 heteroatoms. The third-order valence-electron chi connectivity index (χ3n) is 3.51. The van der Waals surface area contributed by atoms with E-state index in [1.165, 1.54) is 4.31 Å². The molecule has 1 aliphatic rings. The summed E-state index contributed by atoms with van der Waals surface area (Å²) in [6.07, 6.45) is 2.05. The van der Waals surface area contributed by atoms with Gasteiger partial charge < -0.3 is 9.53 Å². The number of halogens is 1. The number of piperidine rings is 1. The molecule has 21 heavy (non-hydrogen) atoms. The number of ether oxygens (including phenoxy) is 1. The van der Waals surface area contributed by atoms with Crippen LogP contribution in [-0.4, -0.2) is 38.7 Å². The Morgan fingerprint density at radius 3 is 2.62 bits per heavy atom. The van der Waals surface area contributed by atoms with Gasteiger partial charge in [-0.05, 0) is 38.0 Å². The highest BCUT2D eigenvalue weighted by Crippen LogP contribution is 2.31. The standard InChI is InChI=1S/C14H18BrNO4S/c1-2-20-13-4-3-12(15)9-14(13)21(18,19)16-7-5-11(10-17)6-8-16/h3-4,9-11H,2,5-8H2,1H3. The van der Waals surface area contributed by atoms with Crippen LogP contribution in [0.1, 0.15) is 19.8 Å². The van der Waals surface area contributed by atoms with Crippen molar-refractivity contribution in [2.75, 3.05) is 19.7 Å². The summed E-state index contributed by atoms with van der Waals surface area (Å²) in [4.78, 5) is 10.9. The van der Waals surface area contributed by atoms with Crippen molar-refractivity contribution in [3.8, 4) is 5.75 Å². The predicted octanol–water partition coefficient (Wildman–Crippen LogP) is 2.45. The fourth-order valence-electron chi connectivity index (χ4n) is 2.35. The van der Waals surface area contributed by atoms with E-state index in [1.54, 1.807) is 18.2 Å². The average molecular weight is 376 g/mol. The molecule has 1 saturated heterocycles. The van der Waals surface area contributed by atoms with Gasteiger partial charge in [0.05, 0.1) is 6.61 Å². The Balaban J connectivity index is 2.31. The second-order valence-corrected chi connectivity index (χ2v) is 7.72. The lowest BCUT2D eigenvalue weighted by Gasteiger charge is -2.29. The summed E-state index contributed by atoms with van der Waals surface area (Å²) >= 11 is 3.30. The Morgan fingerprint density at radius 2 is 2.05 bits per heavy atom. The van der Waals surface area contributed by atoms with Gasteiger partial charge in [0.1, 0.15) is 16.9 Å². The van der Waals surface area contributed by atoms with Crippen molar-refractivity contribution >= 4 is 32.2 Å². The summed E-state index contributed by atoms with van der Waals surface area (Å²) in [7, 11) is -3.61. The third kappa shape index (κ3) is 3.64. The molecule has 0 radical (unpaired) electrons. The molecule has 0 spiro atoms. The van der Waals surface area contributed by atoms with E-state index in [0.29, 0.717) is 42.8 Å². The van der Waals surface area contributed by atoms with Gasteiger partial charge in [-0.1, -0.05) is 15.9 Å². The van der Waals surface area contributed by atoms with Crippen LogP contribution >= 0.6 is 15.9 Å². The summed E-state index contributed by atoms with van der Waals surface area (Å²) in [6.45, 7) is 2.94. The molecule has 0 amide bonds. The third-order valence-corrected chi connectivity index (χ3v) is 5.93. The van der Waals surface area contributed by atoms with E-state index in [1.807, 2.05) is 6.92 Å². The van der Waals surface area contributed by atoms with Crippen LogP contribution in [0.15, 0.2) is 27.6 Å². The molecule has 0 unspecified atom stereocenters. The average Bonchev–Trinajstić information content (AvgIpc) is 2.49. The van der Waals surface area contributed by atoms with Crippen molar-refractivity contribution in [1.29, 1.82) is 0 Å². The van der Waals surface area contributed by atoms with E-state index in [9.17, 15) is 13.2 Å². The molecule has 0 saturated carbocycles. The highest BCUT2D eigenvalue weighted by atomic mass is 79.9. The molecule has 0 aliphatic carbocycles.